The summed E-state index contributed by atoms with van der Waals surface area (Å²) in [5, 5.41) is 7.09. The molecule has 3 aliphatic rings. The zero-order valence-electron chi connectivity index (χ0n) is 12.4. The Bertz CT molecular complexity index is 729. The molecule has 8 heteroatoms. The van der Waals surface area contributed by atoms with Gasteiger partial charge in [-0.25, -0.2) is 5.43 Å². The molecule has 0 bridgehead atoms. The third-order valence-corrected chi connectivity index (χ3v) is 8.25. The highest BCUT2D eigenvalue weighted by Gasteiger charge is 2.49. The number of fused-ring (bicyclic) bond motifs is 2. The van der Waals surface area contributed by atoms with Crippen LogP contribution < -0.4 is 10.7 Å². The molecule has 1 fully saturated rings. The average molecular weight is 366 g/mol. The largest absolute Gasteiger partial charge is 0.323 e. The van der Waals surface area contributed by atoms with E-state index in [4.69, 9.17) is 0 Å². The highest BCUT2D eigenvalue weighted by Crippen LogP contribution is 2.56. The molecule has 1 saturated heterocycles. The fourth-order valence-corrected chi connectivity index (χ4v) is 6.87. The number of hydrogen-bond acceptors (Lipinski definition) is 6. The van der Waals surface area contributed by atoms with Gasteiger partial charge >= 0.3 is 0 Å². The molecule has 1 aromatic rings. The minimum atomic E-state index is -0.529. The topological polar surface area (TPSA) is 70.6 Å². The number of thioether (sulfide) groups is 3. The van der Waals surface area contributed by atoms with Crippen molar-refractivity contribution in [1.29, 1.82) is 0 Å². The molecule has 0 saturated carbocycles. The van der Waals surface area contributed by atoms with Crippen molar-refractivity contribution in [3.8, 4) is 0 Å². The zero-order chi connectivity index (χ0) is 16.0. The Hall–Kier alpha value is -1.12. The Kier molecular flexibility index (Phi) is 3.85. The fourth-order valence-electron chi connectivity index (χ4n) is 2.97. The van der Waals surface area contributed by atoms with Gasteiger partial charge in [-0.2, -0.15) is 5.10 Å². The molecule has 1 spiro atoms. The Morgan fingerprint density at radius 3 is 2.78 bits per heavy atom. The summed E-state index contributed by atoms with van der Waals surface area (Å²) in [5.41, 5.74) is 6.26. The minimum absolute atomic E-state index is 0.00512. The van der Waals surface area contributed by atoms with Crippen molar-refractivity contribution in [1.82, 2.24) is 5.43 Å². The molecule has 1 atom stereocenters. The Morgan fingerprint density at radius 1 is 1.26 bits per heavy atom. The summed E-state index contributed by atoms with van der Waals surface area (Å²) in [4.78, 5) is 24.0. The van der Waals surface area contributed by atoms with E-state index >= 15 is 0 Å². The molecule has 3 heterocycles. The Labute approximate surface area is 146 Å². The molecule has 1 aromatic carbocycles. The molecule has 5 nitrogen and oxygen atoms in total. The van der Waals surface area contributed by atoms with Crippen molar-refractivity contribution in [2.45, 2.75) is 22.7 Å². The van der Waals surface area contributed by atoms with Crippen LogP contribution in [-0.4, -0.2) is 33.6 Å². The number of anilines is 1. The van der Waals surface area contributed by atoms with Crippen LogP contribution in [0.4, 0.5) is 10.5 Å². The number of carbonyl (C=O) groups excluding carboxylic acids is 2. The molecule has 0 unspecified atom stereocenters. The van der Waals surface area contributed by atoms with Gasteiger partial charge in [-0.05, 0) is 42.5 Å². The maximum atomic E-state index is 12.6. The van der Waals surface area contributed by atoms with E-state index in [0.29, 0.717) is 0 Å². The van der Waals surface area contributed by atoms with Gasteiger partial charge in [0.2, 0.25) is 0 Å². The highest BCUT2D eigenvalue weighted by molar-refractivity contribution is 8.19. The second-order valence-corrected chi connectivity index (χ2v) is 9.73. The lowest BCUT2D eigenvalue weighted by atomic mass is 10.0. The van der Waals surface area contributed by atoms with Gasteiger partial charge in [0.15, 0.2) is 4.08 Å². The van der Waals surface area contributed by atoms with E-state index in [1.165, 1.54) is 11.8 Å². The summed E-state index contributed by atoms with van der Waals surface area (Å²) in [7, 11) is 0. The standard InChI is InChI=1S/C15H15N3O2S3/c1-8-12(17-18-14(20)23-8)9-3-4-11-10(7-9)15(13(19)16-11)21-5-2-6-22-15/h3-4,7-8H,2,5-6H2,1H3,(H,16,19)(H,18,20)/t8-/m0/s1. The number of carbonyl (C=O) groups is 2. The summed E-state index contributed by atoms with van der Waals surface area (Å²) in [5.74, 6) is 2.06. The van der Waals surface area contributed by atoms with Gasteiger partial charge in [0.05, 0.1) is 11.0 Å². The number of nitrogens with zero attached hydrogens (tertiary/aromatic N) is 1. The van der Waals surface area contributed by atoms with Gasteiger partial charge in [-0.1, -0.05) is 17.8 Å². The zero-order valence-corrected chi connectivity index (χ0v) is 14.9. The lowest BCUT2D eigenvalue weighted by Crippen LogP contribution is -2.31. The SMILES string of the molecule is C[C@@H]1SC(=O)NN=C1c1ccc2c(c1)C1(SCCCS1)C(=O)N2. The van der Waals surface area contributed by atoms with Crippen LogP contribution in [0.2, 0.25) is 0 Å². The molecular weight excluding hydrogens is 350 g/mol. The van der Waals surface area contributed by atoms with E-state index in [2.05, 4.69) is 21.9 Å². The number of rotatable bonds is 1. The number of nitrogens with one attached hydrogen (secondary N) is 2. The first-order valence-corrected chi connectivity index (χ1v) is 10.2. The van der Waals surface area contributed by atoms with Crippen LogP contribution in [0.25, 0.3) is 0 Å². The van der Waals surface area contributed by atoms with E-state index in [9.17, 15) is 9.59 Å². The molecular formula is C15H15N3O2S3. The van der Waals surface area contributed by atoms with E-state index in [1.54, 1.807) is 23.5 Å². The third kappa shape index (κ3) is 2.47. The highest BCUT2D eigenvalue weighted by atomic mass is 32.2. The smallest absolute Gasteiger partial charge is 0.299 e. The van der Waals surface area contributed by atoms with Crippen LogP contribution >= 0.6 is 35.3 Å². The summed E-state index contributed by atoms with van der Waals surface area (Å²) < 4.78 is -0.529. The van der Waals surface area contributed by atoms with E-state index in [1.807, 2.05) is 19.1 Å². The van der Waals surface area contributed by atoms with Crippen LogP contribution in [0.1, 0.15) is 24.5 Å². The second-order valence-electron chi connectivity index (χ2n) is 5.54. The van der Waals surface area contributed by atoms with Gasteiger partial charge < -0.3 is 5.32 Å². The molecule has 3 aliphatic heterocycles. The first-order chi connectivity index (χ1) is 11.1. The molecule has 0 aromatic heterocycles. The maximum Gasteiger partial charge on any atom is 0.299 e. The van der Waals surface area contributed by atoms with Crippen molar-refractivity contribution >= 4 is 57.8 Å². The fraction of sp³-hybridized carbons (Fsp3) is 0.400. The van der Waals surface area contributed by atoms with Crippen molar-refractivity contribution in [3.05, 3.63) is 29.3 Å². The predicted molar refractivity (Wildman–Crippen MR) is 98.4 cm³/mol. The van der Waals surface area contributed by atoms with Gasteiger partial charge in [-0.3, -0.25) is 9.59 Å². The van der Waals surface area contributed by atoms with Gasteiger partial charge in [0.25, 0.3) is 11.1 Å². The lowest BCUT2D eigenvalue weighted by molar-refractivity contribution is -0.116. The van der Waals surface area contributed by atoms with Crippen molar-refractivity contribution in [3.63, 3.8) is 0 Å². The predicted octanol–water partition coefficient (Wildman–Crippen LogP) is 3.21. The molecule has 2 N–H and O–H groups in total. The summed E-state index contributed by atoms with van der Waals surface area (Å²) in [6, 6.07) is 5.97. The number of amides is 2. The number of hydrazone groups is 1. The number of hydrogen-bond donors (Lipinski definition) is 2. The maximum absolute atomic E-state index is 12.6. The van der Waals surface area contributed by atoms with Crippen LogP contribution in [0, 0.1) is 0 Å². The Balaban J connectivity index is 1.77. The molecule has 0 radical (unpaired) electrons. The molecule has 0 aliphatic carbocycles. The van der Waals surface area contributed by atoms with Gasteiger partial charge in [0.1, 0.15) is 0 Å². The van der Waals surface area contributed by atoms with Crippen molar-refractivity contribution in [2.75, 3.05) is 16.8 Å². The van der Waals surface area contributed by atoms with Gasteiger partial charge in [-0.15, -0.1) is 23.5 Å². The molecule has 4 rings (SSSR count). The molecule has 120 valence electrons. The first kappa shape index (κ1) is 15.4. The second kappa shape index (κ2) is 5.75. The van der Waals surface area contributed by atoms with Crippen LogP contribution in [-0.2, 0) is 8.87 Å². The van der Waals surface area contributed by atoms with Crippen LogP contribution in [0.3, 0.4) is 0 Å². The minimum Gasteiger partial charge on any atom is -0.323 e. The number of benzene rings is 1. The first-order valence-electron chi connectivity index (χ1n) is 7.38. The van der Waals surface area contributed by atoms with Gasteiger partial charge in [0, 0.05) is 11.3 Å². The van der Waals surface area contributed by atoms with Crippen molar-refractivity contribution < 1.29 is 9.59 Å². The summed E-state index contributed by atoms with van der Waals surface area (Å²) in [6.07, 6.45) is 1.13. The summed E-state index contributed by atoms with van der Waals surface area (Å²) >= 11 is 4.66. The summed E-state index contributed by atoms with van der Waals surface area (Å²) in [6.45, 7) is 1.97. The van der Waals surface area contributed by atoms with Crippen LogP contribution in [0.15, 0.2) is 23.3 Å². The lowest BCUT2D eigenvalue weighted by Gasteiger charge is -2.30. The van der Waals surface area contributed by atoms with Crippen molar-refractivity contribution in [2.24, 2.45) is 5.10 Å². The third-order valence-electron chi connectivity index (χ3n) is 4.05. The monoisotopic (exact) mass is 365 g/mol. The quantitative estimate of drug-likeness (QED) is 0.800. The molecule has 23 heavy (non-hydrogen) atoms. The van der Waals surface area contributed by atoms with Crippen LogP contribution in [0.5, 0.6) is 0 Å². The molecule has 2 amide bonds. The average Bonchev–Trinajstić information content (AvgIpc) is 2.80. The van der Waals surface area contributed by atoms with E-state index < -0.39 is 4.08 Å². The Morgan fingerprint density at radius 2 is 2.04 bits per heavy atom. The van der Waals surface area contributed by atoms with E-state index in [0.717, 1.165) is 40.5 Å². The van der Waals surface area contributed by atoms with E-state index in [-0.39, 0.29) is 16.4 Å². The normalized spacial score (nSPS) is 25.6.